The minimum absolute atomic E-state index is 0.717. The molecule has 3 rings (SSSR count). The van der Waals surface area contributed by atoms with Crippen LogP contribution in [-0.4, -0.2) is 29.5 Å². The van der Waals surface area contributed by atoms with E-state index < -0.39 is 0 Å². The van der Waals surface area contributed by atoms with Crippen molar-refractivity contribution in [2.75, 3.05) is 25.1 Å². The topological polar surface area (TPSA) is 39.1 Å². The zero-order valence-corrected chi connectivity index (χ0v) is 14.6. The molecule has 0 aliphatic carbocycles. The Morgan fingerprint density at radius 2 is 2.22 bits per heavy atom. The van der Waals surface area contributed by atoms with Crippen LogP contribution in [0.3, 0.4) is 0 Å². The van der Waals surface area contributed by atoms with Crippen LogP contribution in [0, 0.1) is 6.92 Å². The monoisotopic (exact) mass is 333 g/mol. The number of ether oxygens (including phenoxy) is 1. The number of hydrogen-bond donors (Lipinski definition) is 1. The second kappa shape index (κ2) is 7.37. The summed E-state index contributed by atoms with van der Waals surface area (Å²) in [6.45, 7) is 6.57. The Kier molecular flexibility index (Phi) is 5.23. The number of aromatic nitrogens is 2. The largest absolute Gasteiger partial charge is 0.381 e. The number of benzene rings is 1. The van der Waals surface area contributed by atoms with E-state index in [2.05, 4.69) is 12.2 Å². The van der Waals surface area contributed by atoms with Crippen molar-refractivity contribution in [3.8, 4) is 5.69 Å². The number of rotatable bonds is 5. The van der Waals surface area contributed by atoms with Gasteiger partial charge in [-0.25, -0.2) is 4.68 Å². The van der Waals surface area contributed by atoms with Crippen LogP contribution in [0.2, 0.25) is 5.02 Å². The fraction of sp³-hybridized carbons (Fsp3) is 0.500. The molecule has 5 heteroatoms. The number of hydrogen-bond acceptors (Lipinski definition) is 3. The van der Waals surface area contributed by atoms with Crippen LogP contribution < -0.4 is 5.32 Å². The minimum atomic E-state index is 0.717. The van der Waals surface area contributed by atoms with Gasteiger partial charge in [0.15, 0.2) is 0 Å². The van der Waals surface area contributed by atoms with E-state index in [1.165, 1.54) is 24.0 Å². The molecule has 2 aromatic rings. The van der Waals surface area contributed by atoms with Crippen LogP contribution in [-0.2, 0) is 17.6 Å². The second-order valence-electron chi connectivity index (χ2n) is 5.95. The predicted molar refractivity (Wildman–Crippen MR) is 94.9 cm³/mol. The van der Waals surface area contributed by atoms with Crippen molar-refractivity contribution >= 4 is 17.4 Å². The molecule has 0 fully saturated rings. The summed E-state index contributed by atoms with van der Waals surface area (Å²) in [5, 5.41) is 9.19. The zero-order valence-electron chi connectivity index (χ0n) is 13.9. The first kappa shape index (κ1) is 16.3. The van der Waals surface area contributed by atoms with Gasteiger partial charge in [-0.05, 0) is 50.8 Å². The van der Waals surface area contributed by atoms with Gasteiger partial charge < -0.3 is 10.1 Å². The molecular formula is C18H24ClN3O. The van der Waals surface area contributed by atoms with Crippen molar-refractivity contribution in [1.29, 1.82) is 0 Å². The van der Waals surface area contributed by atoms with Gasteiger partial charge in [-0.15, -0.1) is 0 Å². The highest BCUT2D eigenvalue weighted by atomic mass is 35.5. The summed E-state index contributed by atoms with van der Waals surface area (Å²) in [5.74, 6) is 1.12. The normalized spacial score (nSPS) is 14.2. The molecule has 1 N–H and O–H groups in total. The van der Waals surface area contributed by atoms with E-state index in [0.717, 1.165) is 48.2 Å². The van der Waals surface area contributed by atoms with E-state index in [1.54, 1.807) is 0 Å². The lowest BCUT2D eigenvalue weighted by Crippen LogP contribution is -2.08. The highest BCUT2D eigenvalue weighted by Crippen LogP contribution is 2.30. The van der Waals surface area contributed by atoms with Crippen LogP contribution in [0.4, 0.5) is 5.82 Å². The van der Waals surface area contributed by atoms with Crippen molar-refractivity contribution in [3.05, 3.63) is 40.0 Å². The molecule has 1 aliphatic rings. The van der Waals surface area contributed by atoms with Crippen LogP contribution in [0.25, 0.3) is 5.69 Å². The van der Waals surface area contributed by atoms with E-state index >= 15 is 0 Å². The zero-order chi connectivity index (χ0) is 16.2. The molecule has 0 bridgehead atoms. The molecule has 23 heavy (non-hydrogen) atoms. The number of nitrogens with zero attached hydrogens (tertiary/aromatic N) is 2. The Morgan fingerprint density at radius 3 is 3.04 bits per heavy atom. The van der Waals surface area contributed by atoms with Crippen molar-refractivity contribution in [2.24, 2.45) is 0 Å². The third kappa shape index (κ3) is 3.54. The van der Waals surface area contributed by atoms with Gasteiger partial charge in [0.1, 0.15) is 5.82 Å². The first-order chi connectivity index (χ1) is 11.2. The molecule has 0 spiro atoms. The van der Waals surface area contributed by atoms with E-state index in [-0.39, 0.29) is 0 Å². The number of fused-ring (bicyclic) bond motifs is 1. The summed E-state index contributed by atoms with van der Waals surface area (Å²) in [4.78, 5) is 0. The second-order valence-corrected chi connectivity index (χ2v) is 6.38. The quantitative estimate of drug-likeness (QED) is 0.835. The van der Waals surface area contributed by atoms with E-state index in [4.69, 9.17) is 21.4 Å². The van der Waals surface area contributed by atoms with Crippen LogP contribution in [0.1, 0.15) is 36.6 Å². The molecule has 0 atom stereocenters. The fourth-order valence-corrected chi connectivity index (χ4v) is 3.24. The lowest BCUT2D eigenvalue weighted by Gasteiger charge is -2.12. The Balaban J connectivity index is 2.03. The molecule has 1 aliphatic heterocycles. The van der Waals surface area contributed by atoms with Crippen molar-refractivity contribution in [3.63, 3.8) is 0 Å². The van der Waals surface area contributed by atoms with Gasteiger partial charge in [0, 0.05) is 30.2 Å². The Hall–Kier alpha value is -1.52. The van der Waals surface area contributed by atoms with Crippen LogP contribution >= 0.6 is 11.6 Å². The van der Waals surface area contributed by atoms with E-state index in [9.17, 15) is 0 Å². The fourth-order valence-electron chi connectivity index (χ4n) is 3.07. The minimum Gasteiger partial charge on any atom is -0.381 e. The van der Waals surface area contributed by atoms with Gasteiger partial charge in [0.25, 0.3) is 0 Å². The Labute approximate surface area is 142 Å². The molecule has 0 amide bonds. The average Bonchev–Trinajstić information content (AvgIpc) is 2.72. The summed E-state index contributed by atoms with van der Waals surface area (Å²) >= 11 is 6.21. The Bertz CT molecular complexity index is 681. The molecule has 124 valence electrons. The van der Waals surface area contributed by atoms with Crippen LogP contribution in [0.5, 0.6) is 0 Å². The molecule has 1 aromatic heterocycles. The molecule has 0 radical (unpaired) electrons. The SMILES string of the molecule is CCOCCc1nn(-c2cc(Cl)ccc2C)c2c1CCCCN2. The smallest absolute Gasteiger partial charge is 0.133 e. The van der Waals surface area contributed by atoms with Gasteiger partial charge in [-0.3, -0.25) is 0 Å². The van der Waals surface area contributed by atoms with Crippen molar-refractivity contribution in [2.45, 2.75) is 39.5 Å². The third-order valence-electron chi connectivity index (χ3n) is 4.30. The summed E-state index contributed by atoms with van der Waals surface area (Å²) in [6.07, 6.45) is 4.31. The number of aryl methyl sites for hydroxylation is 1. The van der Waals surface area contributed by atoms with E-state index in [0.29, 0.717) is 6.61 Å². The predicted octanol–water partition coefficient (Wildman–Crippen LogP) is 4.16. The van der Waals surface area contributed by atoms with E-state index in [1.807, 2.05) is 29.8 Å². The number of halogens is 1. The standard InChI is InChI=1S/C18H24ClN3O/c1-3-23-11-9-16-15-6-4-5-10-20-18(15)22(21-16)17-12-14(19)8-7-13(17)2/h7-8,12,20H,3-6,9-11H2,1-2H3. The maximum atomic E-state index is 6.21. The third-order valence-corrected chi connectivity index (χ3v) is 4.53. The lowest BCUT2D eigenvalue weighted by atomic mass is 10.1. The maximum absolute atomic E-state index is 6.21. The highest BCUT2D eigenvalue weighted by molar-refractivity contribution is 6.30. The molecule has 0 saturated carbocycles. The summed E-state index contributed by atoms with van der Waals surface area (Å²) < 4.78 is 7.56. The molecule has 0 saturated heterocycles. The summed E-state index contributed by atoms with van der Waals surface area (Å²) in [6, 6.07) is 5.96. The first-order valence-electron chi connectivity index (χ1n) is 8.39. The van der Waals surface area contributed by atoms with Gasteiger partial charge in [-0.2, -0.15) is 5.10 Å². The molecule has 0 unspecified atom stereocenters. The van der Waals surface area contributed by atoms with Gasteiger partial charge in [-0.1, -0.05) is 17.7 Å². The van der Waals surface area contributed by atoms with Gasteiger partial charge >= 0.3 is 0 Å². The summed E-state index contributed by atoms with van der Waals surface area (Å²) in [5.41, 5.74) is 4.69. The Morgan fingerprint density at radius 1 is 1.35 bits per heavy atom. The molecule has 4 nitrogen and oxygen atoms in total. The molecule has 2 heterocycles. The van der Waals surface area contributed by atoms with Crippen molar-refractivity contribution in [1.82, 2.24) is 9.78 Å². The van der Waals surface area contributed by atoms with Crippen LogP contribution in [0.15, 0.2) is 18.2 Å². The number of nitrogens with one attached hydrogen (secondary N) is 1. The summed E-state index contributed by atoms with van der Waals surface area (Å²) in [7, 11) is 0. The molecule has 1 aromatic carbocycles. The van der Waals surface area contributed by atoms with Gasteiger partial charge in [0.2, 0.25) is 0 Å². The maximum Gasteiger partial charge on any atom is 0.133 e. The lowest BCUT2D eigenvalue weighted by molar-refractivity contribution is 0.150. The molecular weight excluding hydrogens is 310 g/mol. The average molecular weight is 334 g/mol. The van der Waals surface area contributed by atoms with Crippen molar-refractivity contribution < 1.29 is 4.74 Å². The number of anilines is 1. The highest BCUT2D eigenvalue weighted by Gasteiger charge is 2.21. The van der Waals surface area contributed by atoms with Gasteiger partial charge in [0.05, 0.1) is 18.0 Å². The first-order valence-corrected chi connectivity index (χ1v) is 8.77.